The zero-order valence-corrected chi connectivity index (χ0v) is 12.0. The van der Waals surface area contributed by atoms with Gasteiger partial charge in [0.2, 0.25) is 0 Å². The molecule has 0 unspecified atom stereocenters. The molecule has 0 N–H and O–H groups in total. The van der Waals surface area contributed by atoms with Gasteiger partial charge in [-0.15, -0.1) is 23.1 Å². The molecule has 92 valence electrons. The fourth-order valence-electron chi connectivity index (χ4n) is 1.73. The average molecular weight is 274 g/mol. The van der Waals surface area contributed by atoms with Gasteiger partial charge in [-0.1, -0.05) is 30.3 Å². The minimum atomic E-state index is 0.105. The van der Waals surface area contributed by atoms with Crippen molar-refractivity contribution in [3.63, 3.8) is 0 Å². The van der Waals surface area contributed by atoms with Crippen molar-refractivity contribution in [1.82, 2.24) is 0 Å². The molecule has 2 aromatic rings. The minimum Gasteiger partial charge on any atom is -0.294 e. The second kappa shape index (κ2) is 6.03. The van der Waals surface area contributed by atoms with Gasteiger partial charge in [-0.3, -0.25) is 4.79 Å². The van der Waals surface area contributed by atoms with Crippen LogP contribution in [0.5, 0.6) is 0 Å². The SMILES string of the molecule is CS/C(=C/c1ccccc1C(C)=O)c1cccs1. The lowest BCUT2D eigenvalue weighted by Crippen LogP contribution is -1.95. The van der Waals surface area contributed by atoms with Gasteiger partial charge in [-0.2, -0.15) is 0 Å². The molecule has 18 heavy (non-hydrogen) atoms. The summed E-state index contributed by atoms with van der Waals surface area (Å²) in [4.78, 5) is 14.0. The molecular formula is C15H14OS2. The quantitative estimate of drug-likeness (QED) is 0.744. The van der Waals surface area contributed by atoms with E-state index in [0.29, 0.717) is 0 Å². The molecule has 0 aliphatic heterocycles. The smallest absolute Gasteiger partial charge is 0.160 e. The summed E-state index contributed by atoms with van der Waals surface area (Å²) in [7, 11) is 0. The summed E-state index contributed by atoms with van der Waals surface area (Å²) in [5, 5.41) is 2.07. The Kier molecular flexibility index (Phi) is 4.39. The highest BCUT2D eigenvalue weighted by atomic mass is 32.2. The lowest BCUT2D eigenvalue weighted by atomic mass is 10.0. The van der Waals surface area contributed by atoms with E-state index >= 15 is 0 Å². The predicted octanol–water partition coefficient (Wildman–Crippen LogP) is 4.81. The Hall–Kier alpha value is -1.32. The van der Waals surface area contributed by atoms with Gasteiger partial charge in [0.25, 0.3) is 0 Å². The molecule has 1 aromatic carbocycles. The maximum Gasteiger partial charge on any atom is 0.160 e. The lowest BCUT2D eigenvalue weighted by Gasteiger charge is -2.05. The van der Waals surface area contributed by atoms with Crippen molar-refractivity contribution in [3.05, 3.63) is 57.8 Å². The van der Waals surface area contributed by atoms with Crippen LogP contribution in [0.25, 0.3) is 11.0 Å². The Morgan fingerprint density at radius 2 is 2.00 bits per heavy atom. The van der Waals surface area contributed by atoms with Crippen molar-refractivity contribution in [2.45, 2.75) is 6.92 Å². The minimum absolute atomic E-state index is 0.105. The number of benzene rings is 1. The van der Waals surface area contributed by atoms with Crippen molar-refractivity contribution in [2.24, 2.45) is 0 Å². The zero-order chi connectivity index (χ0) is 13.0. The second-order valence-corrected chi connectivity index (χ2v) is 5.63. The fourth-order valence-corrected chi connectivity index (χ4v) is 3.28. The molecule has 0 fully saturated rings. The molecule has 1 nitrogen and oxygen atoms in total. The van der Waals surface area contributed by atoms with Crippen LogP contribution in [0.1, 0.15) is 27.7 Å². The Bertz CT molecular complexity index is 568. The van der Waals surface area contributed by atoms with Gasteiger partial charge in [-0.05, 0) is 36.3 Å². The van der Waals surface area contributed by atoms with Gasteiger partial charge in [0.15, 0.2) is 5.78 Å². The summed E-state index contributed by atoms with van der Waals surface area (Å²) >= 11 is 3.42. The van der Waals surface area contributed by atoms with Crippen LogP contribution in [-0.4, -0.2) is 12.0 Å². The monoisotopic (exact) mass is 274 g/mol. The van der Waals surface area contributed by atoms with Crippen LogP contribution in [0.2, 0.25) is 0 Å². The molecule has 3 heteroatoms. The van der Waals surface area contributed by atoms with Gasteiger partial charge in [0.1, 0.15) is 0 Å². The number of carbonyl (C=O) groups is 1. The molecule has 0 aliphatic rings. The predicted molar refractivity (Wildman–Crippen MR) is 82.2 cm³/mol. The van der Waals surface area contributed by atoms with Crippen LogP contribution in [0.15, 0.2) is 41.8 Å². The summed E-state index contributed by atoms with van der Waals surface area (Å²) in [6, 6.07) is 11.9. The first kappa shape index (κ1) is 13.1. The van der Waals surface area contributed by atoms with Crippen LogP contribution >= 0.6 is 23.1 Å². The third-order valence-corrected chi connectivity index (χ3v) is 4.42. The van der Waals surface area contributed by atoms with Crippen molar-refractivity contribution in [1.29, 1.82) is 0 Å². The first-order chi connectivity index (χ1) is 8.72. The van der Waals surface area contributed by atoms with E-state index in [9.17, 15) is 4.79 Å². The topological polar surface area (TPSA) is 17.1 Å². The molecule has 1 aromatic heterocycles. The number of hydrogen-bond acceptors (Lipinski definition) is 3. The molecule has 0 bridgehead atoms. The van der Waals surface area contributed by atoms with Gasteiger partial charge in [-0.25, -0.2) is 0 Å². The van der Waals surface area contributed by atoms with Crippen molar-refractivity contribution < 1.29 is 4.79 Å². The molecule has 1 heterocycles. The number of ketones is 1. The standard InChI is InChI=1S/C15H14OS2/c1-11(16)13-7-4-3-6-12(13)10-15(17-2)14-8-5-9-18-14/h3-10H,1-2H3/b15-10+. The summed E-state index contributed by atoms with van der Waals surface area (Å²) in [5.41, 5.74) is 1.77. The third kappa shape index (κ3) is 2.92. The molecule has 2 rings (SSSR count). The number of carbonyl (C=O) groups excluding carboxylic acids is 1. The Balaban J connectivity index is 2.46. The number of Topliss-reactive ketones (excluding diaryl/α,β-unsaturated/α-hetero) is 1. The van der Waals surface area contributed by atoms with E-state index in [-0.39, 0.29) is 5.78 Å². The van der Waals surface area contributed by atoms with Crippen LogP contribution in [0.3, 0.4) is 0 Å². The highest BCUT2D eigenvalue weighted by Gasteiger charge is 2.07. The molecule has 0 saturated heterocycles. The second-order valence-electron chi connectivity index (χ2n) is 3.83. The highest BCUT2D eigenvalue weighted by Crippen LogP contribution is 2.31. The van der Waals surface area contributed by atoms with E-state index < -0.39 is 0 Å². The number of hydrogen-bond donors (Lipinski definition) is 0. The van der Waals surface area contributed by atoms with Crippen molar-refractivity contribution >= 4 is 39.9 Å². The highest BCUT2D eigenvalue weighted by molar-refractivity contribution is 8.08. The molecule has 0 spiro atoms. The first-order valence-electron chi connectivity index (χ1n) is 5.62. The number of thioether (sulfide) groups is 1. The van der Waals surface area contributed by atoms with Crippen LogP contribution in [0.4, 0.5) is 0 Å². The lowest BCUT2D eigenvalue weighted by molar-refractivity contribution is 0.101. The molecule has 0 aliphatic carbocycles. The summed E-state index contributed by atoms with van der Waals surface area (Å²) in [5.74, 6) is 0.105. The fraction of sp³-hybridized carbons (Fsp3) is 0.133. The maximum absolute atomic E-state index is 11.6. The third-order valence-electron chi connectivity index (χ3n) is 2.61. The first-order valence-corrected chi connectivity index (χ1v) is 7.72. The van der Waals surface area contributed by atoms with E-state index in [0.717, 1.165) is 11.1 Å². The molecular weight excluding hydrogens is 260 g/mol. The summed E-state index contributed by atoms with van der Waals surface area (Å²) in [6.45, 7) is 1.61. The van der Waals surface area contributed by atoms with Crippen LogP contribution in [-0.2, 0) is 0 Å². The summed E-state index contributed by atoms with van der Waals surface area (Å²) < 4.78 is 0. The molecule has 0 atom stereocenters. The average Bonchev–Trinajstić information content (AvgIpc) is 2.90. The number of thiophene rings is 1. The van der Waals surface area contributed by atoms with Gasteiger partial charge < -0.3 is 0 Å². The maximum atomic E-state index is 11.6. The van der Waals surface area contributed by atoms with E-state index in [1.807, 2.05) is 30.3 Å². The van der Waals surface area contributed by atoms with E-state index in [2.05, 4.69) is 23.8 Å². The number of rotatable bonds is 4. The van der Waals surface area contributed by atoms with Crippen LogP contribution < -0.4 is 0 Å². The normalized spacial score (nSPS) is 11.6. The zero-order valence-electron chi connectivity index (χ0n) is 10.3. The van der Waals surface area contributed by atoms with Gasteiger partial charge >= 0.3 is 0 Å². The Morgan fingerprint density at radius 3 is 2.61 bits per heavy atom. The Labute approximate surface area is 116 Å². The molecule has 0 radical (unpaired) electrons. The van der Waals surface area contributed by atoms with Crippen molar-refractivity contribution in [2.75, 3.05) is 6.26 Å². The Morgan fingerprint density at radius 1 is 1.22 bits per heavy atom. The molecule has 0 amide bonds. The summed E-state index contributed by atoms with van der Waals surface area (Å²) in [6.07, 6.45) is 4.15. The van der Waals surface area contributed by atoms with Crippen molar-refractivity contribution in [3.8, 4) is 0 Å². The molecule has 0 saturated carbocycles. The van der Waals surface area contributed by atoms with Gasteiger partial charge in [0.05, 0.1) is 0 Å². The van der Waals surface area contributed by atoms with E-state index in [1.165, 1.54) is 9.78 Å². The van der Waals surface area contributed by atoms with Crippen LogP contribution in [0, 0.1) is 0 Å². The largest absolute Gasteiger partial charge is 0.294 e. The van der Waals surface area contributed by atoms with E-state index in [1.54, 1.807) is 30.0 Å². The van der Waals surface area contributed by atoms with Gasteiger partial charge in [0, 0.05) is 15.3 Å². The van der Waals surface area contributed by atoms with E-state index in [4.69, 9.17) is 0 Å².